The molecule has 0 aliphatic carbocycles. The lowest BCUT2D eigenvalue weighted by atomic mass is 10.2. The molecule has 0 aromatic carbocycles. The molecule has 0 radical (unpaired) electrons. The molecule has 2 rings (SSSR count). The van der Waals surface area contributed by atoms with Crippen LogP contribution in [0.3, 0.4) is 0 Å². The highest BCUT2D eigenvalue weighted by Crippen LogP contribution is 2.25. The van der Waals surface area contributed by atoms with E-state index in [1.807, 2.05) is 18.4 Å². The van der Waals surface area contributed by atoms with Crippen molar-refractivity contribution in [2.45, 2.75) is 25.8 Å². The van der Waals surface area contributed by atoms with Crippen LogP contribution in [0.4, 0.5) is 5.82 Å². The fourth-order valence-electron chi connectivity index (χ4n) is 1.67. The van der Waals surface area contributed by atoms with Gasteiger partial charge in [0.15, 0.2) is 0 Å². The molecule has 2 aromatic rings. The van der Waals surface area contributed by atoms with Crippen LogP contribution in [-0.2, 0) is 11.2 Å². The number of carbonyl (C=O) groups excluding carboxylic acids is 1. The lowest BCUT2D eigenvalue weighted by molar-refractivity contribution is -0.118. The summed E-state index contributed by atoms with van der Waals surface area (Å²) >= 11 is 1.53. The van der Waals surface area contributed by atoms with Crippen molar-refractivity contribution < 1.29 is 4.79 Å². The first-order valence-electron chi connectivity index (χ1n) is 5.89. The number of nitrogens with zero attached hydrogens (tertiary/aromatic N) is 2. The van der Waals surface area contributed by atoms with Crippen LogP contribution in [0, 0.1) is 12.3 Å². The van der Waals surface area contributed by atoms with Crippen LogP contribution in [0.5, 0.6) is 0 Å². The topological polar surface area (TPSA) is 80.9 Å². The average molecular weight is 274 g/mol. The Bertz CT molecular complexity index is 644. The van der Waals surface area contributed by atoms with Gasteiger partial charge >= 0.3 is 0 Å². The minimum Gasteiger partial charge on any atom is -0.368 e. The standard InChI is InChI=1S/C13H14N4OS/c1-3-5-9(11(14)18)15-12-8-6-7-19-13(8)17-10(4-2)16-12/h1,6-7,9H,4-5H2,2H3,(H2,14,18)(H,15,16,17). The first-order chi connectivity index (χ1) is 9.15. The molecule has 0 bridgehead atoms. The second-order valence-corrected chi connectivity index (χ2v) is 4.88. The van der Waals surface area contributed by atoms with E-state index in [9.17, 15) is 4.79 Å². The number of aromatic nitrogens is 2. The molecule has 0 aliphatic rings. The molecule has 1 amide bonds. The van der Waals surface area contributed by atoms with Gasteiger partial charge in [0, 0.05) is 12.8 Å². The Balaban J connectivity index is 2.40. The Hall–Kier alpha value is -2.13. The number of anilines is 1. The van der Waals surface area contributed by atoms with Gasteiger partial charge in [-0.25, -0.2) is 9.97 Å². The fraction of sp³-hybridized carbons (Fsp3) is 0.308. The van der Waals surface area contributed by atoms with Crippen molar-refractivity contribution in [2.75, 3.05) is 5.32 Å². The molecule has 6 heteroatoms. The molecular weight excluding hydrogens is 260 g/mol. The number of nitrogens with one attached hydrogen (secondary N) is 1. The van der Waals surface area contributed by atoms with E-state index >= 15 is 0 Å². The van der Waals surface area contributed by atoms with Gasteiger partial charge in [-0.05, 0) is 11.4 Å². The molecule has 0 spiro atoms. The highest BCUT2D eigenvalue weighted by atomic mass is 32.1. The van der Waals surface area contributed by atoms with E-state index in [4.69, 9.17) is 12.2 Å². The molecule has 19 heavy (non-hydrogen) atoms. The number of amides is 1. The van der Waals surface area contributed by atoms with Crippen molar-refractivity contribution in [1.29, 1.82) is 0 Å². The highest BCUT2D eigenvalue weighted by molar-refractivity contribution is 7.16. The van der Waals surface area contributed by atoms with Gasteiger partial charge in [0.2, 0.25) is 5.91 Å². The van der Waals surface area contributed by atoms with Gasteiger partial charge in [-0.3, -0.25) is 4.79 Å². The maximum Gasteiger partial charge on any atom is 0.240 e. The third kappa shape index (κ3) is 2.83. The Labute approximate surface area is 115 Å². The number of hydrogen-bond donors (Lipinski definition) is 2. The number of terminal acetylenes is 1. The third-order valence-electron chi connectivity index (χ3n) is 2.66. The number of hydrogen-bond acceptors (Lipinski definition) is 5. The molecule has 1 atom stereocenters. The molecular formula is C13H14N4OS. The van der Waals surface area contributed by atoms with Crippen molar-refractivity contribution in [3.63, 3.8) is 0 Å². The minimum atomic E-state index is -0.618. The summed E-state index contributed by atoms with van der Waals surface area (Å²) in [6.45, 7) is 1.98. The molecule has 0 saturated heterocycles. The summed E-state index contributed by atoms with van der Waals surface area (Å²) in [7, 11) is 0. The smallest absolute Gasteiger partial charge is 0.240 e. The largest absolute Gasteiger partial charge is 0.368 e. The van der Waals surface area contributed by atoms with Crippen LogP contribution >= 0.6 is 11.3 Å². The minimum absolute atomic E-state index is 0.229. The number of aryl methyl sites for hydroxylation is 1. The van der Waals surface area contributed by atoms with Crippen molar-refractivity contribution in [1.82, 2.24) is 9.97 Å². The molecule has 5 nitrogen and oxygen atoms in total. The maximum atomic E-state index is 11.3. The van der Waals surface area contributed by atoms with Crippen LogP contribution in [0.1, 0.15) is 19.2 Å². The summed E-state index contributed by atoms with van der Waals surface area (Å²) in [5.74, 6) is 3.28. The molecule has 2 aromatic heterocycles. The summed E-state index contributed by atoms with van der Waals surface area (Å²) in [6, 6.07) is 1.29. The second kappa shape index (κ2) is 5.67. The van der Waals surface area contributed by atoms with E-state index in [0.29, 0.717) is 5.82 Å². The molecule has 3 N–H and O–H groups in total. The Morgan fingerprint density at radius 2 is 2.42 bits per heavy atom. The van der Waals surface area contributed by atoms with Crippen LogP contribution in [-0.4, -0.2) is 21.9 Å². The average Bonchev–Trinajstić information content (AvgIpc) is 2.86. The second-order valence-electron chi connectivity index (χ2n) is 3.99. The predicted molar refractivity (Wildman–Crippen MR) is 76.8 cm³/mol. The van der Waals surface area contributed by atoms with Gasteiger partial charge in [-0.15, -0.1) is 23.7 Å². The molecule has 1 unspecified atom stereocenters. The van der Waals surface area contributed by atoms with Crippen LogP contribution < -0.4 is 11.1 Å². The molecule has 2 heterocycles. The van der Waals surface area contributed by atoms with E-state index in [1.54, 1.807) is 0 Å². The first kappa shape index (κ1) is 13.3. The van der Waals surface area contributed by atoms with E-state index in [1.165, 1.54) is 11.3 Å². The summed E-state index contributed by atoms with van der Waals surface area (Å²) in [4.78, 5) is 21.1. The van der Waals surface area contributed by atoms with Gasteiger partial charge in [-0.2, -0.15) is 0 Å². The molecule has 98 valence electrons. The summed E-state index contributed by atoms with van der Waals surface area (Å²) in [5.41, 5.74) is 5.32. The summed E-state index contributed by atoms with van der Waals surface area (Å²) < 4.78 is 0. The van der Waals surface area contributed by atoms with Crippen LogP contribution in [0.2, 0.25) is 0 Å². The lowest BCUT2D eigenvalue weighted by Crippen LogP contribution is -2.35. The van der Waals surface area contributed by atoms with Gasteiger partial charge < -0.3 is 11.1 Å². The van der Waals surface area contributed by atoms with Crippen molar-refractivity contribution in [3.05, 3.63) is 17.3 Å². The number of thiophene rings is 1. The van der Waals surface area contributed by atoms with Crippen LogP contribution in [0.15, 0.2) is 11.4 Å². The van der Waals surface area contributed by atoms with E-state index < -0.39 is 11.9 Å². The zero-order valence-corrected chi connectivity index (χ0v) is 11.3. The van der Waals surface area contributed by atoms with Gasteiger partial charge in [0.05, 0.1) is 5.39 Å². The monoisotopic (exact) mass is 274 g/mol. The Kier molecular flexibility index (Phi) is 3.97. The molecule has 0 aliphatic heterocycles. The summed E-state index contributed by atoms with van der Waals surface area (Å²) in [6.07, 6.45) is 6.19. The maximum absolute atomic E-state index is 11.3. The number of primary amides is 1. The SMILES string of the molecule is C#CCC(Nc1nc(CC)nc2sccc12)C(N)=O. The van der Waals surface area contributed by atoms with Crippen molar-refractivity contribution in [3.8, 4) is 12.3 Å². The number of fused-ring (bicyclic) bond motifs is 1. The fourth-order valence-corrected chi connectivity index (χ4v) is 2.46. The predicted octanol–water partition coefficient (Wildman–Crippen LogP) is 1.54. The number of carbonyl (C=O) groups is 1. The molecule has 0 fully saturated rings. The van der Waals surface area contributed by atoms with Crippen molar-refractivity contribution in [2.24, 2.45) is 5.73 Å². The van der Waals surface area contributed by atoms with Crippen LogP contribution in [0.25, 0.3) is 10.2 Å². The number of nitrogens with two attached hydrogens (primary N) is 1. The quantitative estimate of drug-likeness (QED) is 0.810. The van der Waals surface area contributed by atoms with E-state index in [-0.39, 0.29) is 6.42 Å². The molecule has 0 saturated carbocycles. The Morgan fingerprint density at radius 3 is 3.05 bits per heavy atom. The lowest BCUT2D eigenvalue weighted by Gasteiger charge is -2.14. The zero-order valence-electron chi connectivity index (χ0n) is 10.5. The van der Waals surface area contributed by atoms with Crippen molar-refractivity contribution >= 4 is 33.3 Å². The van der Waals surface area contributed by atoms with Gasteiger partial charge in [-0.1, -0.05) is 6.92 Å². The highest BCUT2D eigenvalue weighted by Gasteiger charge is 2.17. The first-order valence-corrected chi connectivity index (χ1v) is 6.77. The Morgan fingerprint density at radius 1 is 1.63 bits per heavy atom. The van der Waals surface area contributed by atoms with Gasteiger partial charge in [0.25, 0.3) is 0 Å². The number of rotatable bonds is 5. The van der Waals surface area contributed by atoms with Gasteiger partial charge in [0.1, 0.15) is 22.5 Å². The van der Waals surface area contributed by atoms with E-state index in [2.05, 4.69) is 21.2 Å². The normalized spacial score (nSPS) is 12.0. The zero-order chi connectivity index (χ0) is 13.8. The third-order valence-corrected chi connectivity index (χ3v) is 3.47. The van der Waals surface area contributed by atoms with E-state index in [0.717, 1.165) is 22.5 Å². The summed E-state index contributed by atoms with van der Waals surface area (Å²) in [5, 5.41) is 5.84.